The second kappa shape index (κ2) is 51.9. The summed E-state index contributed by atoms with van der Waals surface area (Å²) in [7, 11) is -4.62. The molecule has 34 heteroatoms. The van der Waals surface area contributed by atoms with Gasteiger partial charge in [-0.15, -0.1) is 0 Å². The Morgan fingerprint density at radius 1 is 0.486 bits per heavy atom. The number of halogens is 1. The Balaban J connectivity index is 1.11. The minimum absolute atomic E-state index is 0.00820. The van der Waals surface area contributed by atoms with Crippen LogP contribution in [-0.4, -0.2) is 206 Å². The van der Waals surface area contributed by atoms with Gasteiger partial charge in [-0.05, 0) is 166 Å². The first-order valence-electron chi connectivity index (χ1n) is 36.0. The number of nitrogens with zero attached hydrogens (tertiary/aromatic N) is 1. The molecule has 0 saturated heterocycles. The normalized spacial score (nSPS) is 14.2. The maximum Gasteiger partial charge on any atom is 0.403 e. The molecule has 32 nitrogen and oxygen atoms in total. The van der Waals surface area contributed by atoms with Crippen molar-refractivity contribution in [3.05, 3.63) is 98.6 Å². The van der Waals surface area contributed by atoms with Gasteiger partial charge in [0.25, 0.3) is 0 Å². The second-order valence-corrected chi connectivity index (χ2v) is 28.3. The molecule has 0 fully saturated rings. The number of hydrogen-bond donors (Lipinski definition) is 13. The summed E-state index contributed by atoms with van der Waals surface area (Å²) < 4.78 is 40.6. The molecule has 1 heterocycles. The number of fused-ring (bicyclic) bond motifs is 2. The molecule has 0 spiro atoms. The van der Waals surface area contributed by atoms with Crippen molar-refractivity contribution in [2.45, 2.75) is 185 Å². The van der Waals surface area contributed by atoms with E-state index in [-0.39, 0.29) is 161 Å². The molecule has 107 heavy (non-hydrogen) atoms. The van der Waals surface area contributed by atoms with Crippen LogP contribution in [0, 0.1) is 3.57 Å². The number of para-hydroxylation sites is 1. The van der Waals surface area contributed by atoms with E-state index in [9.17, 15) is 82.3 Å². The lowest BCUT2D eigenvalue weighted by molar-refractivity contribution is -0.143. The maximum absolute atomic E-state index is 13.7. The van der Waals surface area contributed by atoms with Gasteiger partial charge in [0, 0.05) is 80.6 Å². The predicted octanol–water partition coefficient (Wildman–Crippen LogP) is 5.53. The Morgan fingerprint density at radius 3 is 1.69 bits per heavy atom. The number of carboxylic acid groups (broad SMARTS) is 4. The molecule has 0 aliphatic carbocycles. The lowest BCUT2D eigenvalue weighted by Gasteiger charge is -2.28. The zero-order valence-electron chi connectivity index (χ0n) is 60.8. The molecule has 1 aliphatic rings. The summed E-state index contributed by atoms with van der Waals surface area (Å²) in [5.41, 5.74) is 6.04. The zero-order chi connectivity index (χ0) is 78.4. The molecular formula is C73H105IN9O23P. The first-order chi connectivity index (χ1) is 51.2. The van der Waals surface area contributed by atoms with Crippen LogP contribution in [-0.2, 0) is 98.5 Å². The van der Waals surface area contributed by atoms with Gasteiger partial charge in [0.05, 0.1) is 71.7 Å². The van der Waals surface area contributed by atoms with Crippen molar-refractivity contribution < 1.29 is 111 Å². The number of allylic oxidation sites excluding steroid dienone is 1. The molecule has 3 aromatic rings. The molecule has 13 N–H and O–H groups in total. The third-order valence-corrected chi connectivity index (χ3v) is 18.7. The largest absolute Gasteiger partial charge is 0.481 e. The average molecular weight is 1630 g/mol. The van der Waals surface area contributed by atoms with E-state index < -0.39 is 104 Å². The van der Waals surface area contributed by atoms with Crippen LogP contribution in [0.15, 0.2) is 72.8 Å². The highest BCUT2D eigenvalue weighted by atomic mass is 127. The number of unbranched alkanes of at least 4 members (excludes halogenated alkanes) is 3. The third-order valence-electron chi connectivity index (χ3n) is 16.8. The second-order valence-electron chi connectivity index (χ2n) is 25.5. The van der Waals surface area contributed by atoms with Gasteiger partial charge in [-0.2, -0.15) is 0 Å². The summed E-state index contributed by atoms with van der Waals surface area (Å²) >= 11 is 2.22. The van der Waals surface area contributed by atoms with Crippen molar-refractivity contribution >= 4 is 119 Å². The van der Waals surface area contributed by atoms with Gasteiger partial charge in [-0.3, -0.25) is 52.5 Å². The van der Waals surface area contributed by atoms with Crippen LogP contribution in [0.1, 0.15) is 165 Å². The lowest BCUT2D eigenvalue weighted by atomic mass is 9.95. The minimum atomic E-state index is -4.62. The minimum Gasteiger partial charge on any atom is -0.481 e. The van der Waals surface area contributed by atoms with Gasteiger partial charge in [-0.1, -0.05) is 61.0 Å². The van der Waals surface area contributed by atoms with E-state index in [1.807, 2.05) is 77.9 Å². The van der Waals surface area contributed by atoms with Crippen molar-refractivity contribution in [2.75, 3.05) is 84.0 Å². The molecule has 8 amide bonds. The fourth-order valence-electron chi connectivity index (χ4n) is 11.0. The Kier molecular flexibility index (Phi) is 44.2. The van der Waals surface area contributed by atoms with E-state index in [0.29, 0.717) is 58.0 Å². The summed E-state index contributed by atoms with van der Waals surface area (Å²) in [6.07, 6.45) is 3.82. The van der Waals surface area contributed by atoms with Gasteiger partial charge in [0.15, 0.2) is 0 Å². The summed E-state index contributed by atoms with van der Waals surface area (Å²) in [5, 5.41) is 58.2. The van der Waals surface area contributed by atoms with Crippen LogP contribution < -0.4 is 47.2 Å². The summed E-state index contributed by atoms with van der Waals surface area (Å²) in [5.74, 6) is -9.15. The van der Waals surface area contributed by atoms with E-state index in [1.165, 1.54) is 0 Å². The highest BCUT2D eigenvalue weighted by molar-refractivity contribution is 14.1. The molecule has 0 saturated carbocycles. The number of rotatable bonds is 57. The SMILES string of the molecule is C/C1=C/c2ccccc2N(C(=O)CCC(=O)NCCOCCOCCOCCOCCC(=O)NC(CCC(=O)NCCCCCC(=O)N[C@@H](CCC(=O)N[C@H](C)CCCOP(=O)(O)N[C@@H](CCC(=O)O)C(=O)O)C(=O)O)C(=O)NC(CCCCNC(=O)CCCc2ccc(I)cc2)C(=O)O)Cc2ccccc21. The standard InChI is InChI=1S/C73H105IN9O23P/c1-50-48-53-16-6-8-20-61(53)83(49-54-17-5-7-18-56(50)54)68(90)33-32-64(86)77-38-41-103-43-45-105-47-46-104-44-42-102-40-35-67(89)79-57(70(93)81-58(71(94)95)19-9-11-37-75-62(84)22-12-15-52-23-25-55(74)26-24-52)27-30-63(85)76-36-10-3-4-21-65(87)80-59(72(96)97)28-31-66(88)78-51(2)14-13-39-106-107(100,101)82-60(73(98)99)29-34-69(91)92/h5-8,16-18,20,23-26,48,51,57-60H,3-4,9-15,19,21-22,27-47,49H2,1-2H3,(H,75,84)(H,76,85)(H,77,86)(H,78,88)(H,79,89)(H,80,87)(H,81,93)(H,91,92)(H,94,95)(H,96,97)(H,98,99)(H2,82,100,101)/b50-48-/t51-,57?,58?,59+,60+/m1/s1. The predicted molar refractivity (Wildman–Crippen MR) is 402 cm³/mol. The maximum atomic E-state index is 13.7. The van der Waals surface area contributed by atoms with E-state index in [2.05, 4.69) is 72.8 Å². The Morgan fingerprint density at radius 2 is 1.02 bits per heavy atom. The number of aryl methyl sites for hydroxylation is 1. The van der Waals surface area contributed by atoms with Crippen LogP contribution >= 0.6 is 30.3 Å². The highest BCUT2D eigenvalue weighted by Crippen LogP contribution is 2.38. The fourth-order valence-corrected chi connectivity index (χ4v) is 12.4. The van der Waals surface area contributed by atoms with Gasteiger partial charge in [-0.25, -0.2) is 19.2 Å². The Bertz CT molecular complexity index is 3440. The topological polar surface area (TPSA) is 469 Å². The van der Waals surface area contributed by atoms with Crippen molar-refractivity contribution in [2.24, 2.45) is 0 Å². The molecule has 0 aromatic heterocycles. The van der Waals surface area contributed by atoms with E-state index in [0.717, 1.165) is 43.5 Å². The number of carbonyl (C=O) groups excluding carboxylic acids is 8. The van der Waals surface area contributed by atoms with Crippen LogP contribution in [0.4, 0.5) is 5.69 Å². The first-order valence-corrected chi connectivity index (χ1v) is 38.7. The van der Waals surface area contributed by atoms with Gasteiger partial charge in [0.1, 0.15) is 24.2 Å². The summed E-state index contributed by atoms with van der Waals surface area (Å²) in [6, 6.07) is 17.5. The van der Waals surface area contributed by atoms with Gasteiger partial charge >= 0.3 is 31.6 Å². The molecule has 0 bridgehead atoms. The Labute approximate surface area is 636 Å². The van der Waals surface area contributed by atoms with Crippen molar-refractivity contribution in [3.8, 4) is 0 Å². The number of hydrogen-bond acceptors (Lipinski definition) is 18. The number of benzene rings is 3. The number of nitrogens with one attached hydrogen (secondary N) is 8. The molecule has 592 valence electrons. The zero-order valence-corrected chi connectivity index (χ0v) is 63.8. The van der Waals surface area contributed by atoms with Crippen molar-refractivity contribution in [1.29, 1.82) is 0 Å². The monoisotopic (exact) mass is 1630 g/mol. The van der Waals surface area contributed by atoms with Crippen molar-refractivity contribution in [1.82, 2.24) is 42.3 Å². The van der Waals surface area contributed by atoms with Crippen LogP contribution in [0.3, 0.4) is 0 Å². The number of aliphatic carboxylic acids is 4. The Hall–Kier alpha value is -8.28. The molecule has 3 unspecified atom stereocenters. The van der Waals surface area contributed by atoms with Gasteiger partial charge in [0.2, 0.25) is 47.3 Å². The lowest BCUT2D eigenvalue weighted by Crippen LogP contribution is -2.52. The number of anilines is 1. The molecular weight excluding hydrogens is 1530 g/mol. The molecule has 0 radical (unpaired) electrons. The molecule has 6 atom stereocenters. The number of carboxylic acids is 4. The van der Waals surface area contributed by atoms with Crippen LogP contribution in [0.25, 0.3) is 11.6 Å². The first kappa shape index (κ1) is 91.1. The number of carbonyl (C=O) groups is 12. The summed E-state index contributed by atoms with van der Waals surface area (Å²) in [6.45, 7) is 5.92. The molecule has 3 aromatic carbocycles. The third kappa shape index (κ3) is 39.9. The number of ether oxygens (including phenoxy) is 4. The van der Waals surface area contributed by atoms with Crippen molar-refractivity contribution in [3.63, 3.8) is 0 Å². The molecule has 1 aliphatic heterocycles. The fraction of sp³-hybridized carbons (Fsp3) is 0.562. The molecule has 4 rings (SSSR count). The van der Waals surface area contributed by atoms with Gasteiger partial charge < -0.3 is 86.4 Å². The quantitative estimate of drug-likeness (QED) is 0.0188. The summed E-state index contributed by atoms with van der Waals surface area (Å²) in [4.78, 5) is 162. The number of amides is 8. The smallest absolute Gasteiger partial charge is 0.403 e. The van der Waals surface area contributed by atoms with E-state index in [1.54, 1.807) is 11.8 Å². The van der Waals surface area contributed by atoms with Crippen LogP contribution in [0.2, 0.25) is 0 Å². The van der Waals surface area contributed by atoms with E-state index >= 15 is 0 Å². The van der Waals surface area contributed by atoms with E-state index in [4.69, 9.17) is 28.6 Å². The van der Waals surface area contributed by atoms with Crippen LogP contribution in [0.5, 0.6) is 0 Å². The highest BCUT2D eigenvalue weighted by Gasteiger charge is 2.31. The average Bonchev–Trinajstić information content (AvgIpc) is 0.793.